The number of hydrogen-bond donors (Lipinski definition) is 0. The smallest absolute Gasteiger partial charge is 0.109 e. The average molecular weight is 494 g/mol. The van der Waals surface area contributed by atoms with Crippen LogP contribution < -0.4 is 4.90 Å². The van der Waals surface area contributed by atoms with E-state index in [1.165, 1.54) is 39.6 Å². The van der Waals surface area contributed by atoms with Gasteiger partial charge in [0.25, 0.3) is 0 Å². The van der Waals surface area contributed by atoms with E-state index >= 15 is 0 Å². The van der Waals surface area contributed by atoms with Gasteiger partial charge in [-0.3, -0.25) is 0 Å². The van der Waals surface area contributed by atoms with Crippen LogP contribution in [0.1, 0.15) is 42.7 Å². The second-order valence-corrected chi connectivity index (χ2v) is 11.0. The van der Waals surface area contributed by atoms with Crippen molar-refractivity contribution >= 4 is 22.8 Å². The first-order valence-electron chi connectivity index (χ1n) is 14.0. The van der Waals surface area contributed by atoms with Crippen molar-refractivity contribution in [3.63, 3.8) is 0 Å². The van der Waals surface area contributed by atoms with E-state index in [1.807, 2.05) is 0 Å². The first-order chi connectivity index (χ1) is 18.9. The second kappa shape index (κ2) is 8.73. The Morgan fingerprint density at radius 1 is 0.711 bits per heavy atom. The van der Waals surface area contributed by atoms with Crippen LogP contribution in [0.3, 0.4) is 0 Å². The van der Waals surface area contributed by atoms with Gasteiger partial charge in [0.05, 0.1) is 12.1 Å². The van der Waals surface area contributed by atoms with Crippen molar-refractivity contribution in [3.05, 3.63) is 138 Å². The van der Waals surface area contributed by atoms with Crippen LogP contribution in [0.25, 0.3) is 5.57 Å². The summed E-state index contributed by atoms with van der Waals surface area (Å²) in [5, 5.41) is 0. The highest BCUT2D eigenvalue weighted by Gasteiger charge is 2.40. The number of aliphatic imine (C=N–C) groups is 1. The van der Waals surface area contributed by atoms with Crippen molar-refractivity contribution in [1.29, 1.82) is 0 Å². The number of amidine groups is 1. The van der Waals surface area contributed by atoms with Gasteiger partial charge in [0.15, 0.2) is 0 Å². The molecule has 0 amide bonds. The molecule has 3 heterocycles. The first kappa shape index (κ1) is 21.9. The van der Waals surface area contributed by atoms with Crippen molar-refractivity contribution in [1.82, 2.24) is 4.90 Å². The van der Waals surface area contributed by atoms with Gasteiger partial charge in [-0.15, -0.1) is 0 Å². The summed E-state index contributed by atoms with van der Waals surface area (Å²) in [6.07, 6.45) is 29.3. The molecule has 0 aromatic heterocycles. The van der Waals surface area contributed by atoms with Gasteiger partial charge in [-0.2, -0.15) is 0 Å². The largest absolute Gasteiger partial charge is 0.333 e. The molecule has 4 unspecified atom stereocenters. The third-order valence-corrected chi connectivity index (χ3v) is 8.99. The Hall–Kier alpha value is -4.11. The van der Waals surface area contributed by atoms with Crippen molar-refractivity contribution in [2.24, 2.45) is 10.9 Å². The van der Waals surface area contributed by atoms with Gasteiger partial charge in [0.2, 0.25) is 0 Å². The van der Waals surface area contributed by atoms with Crippen LogP contribution in [-0.4, -0.2) is 22.8 Å². The molecule has 0 saturated heterocycles. The summed E-state index contributed by atoms with van der Waals surface area (Å²) in [5.41, 5.74) is 9.55. The third kappa shape index (κ3) is 3.31. The minimum absolute atomic E-state index is 0.338. The molecular formula is C35H31N3. The SMILES string of the molecule is C1=CC2C3=C(C=CCC3)N(C3=NC=C(c4ccc(N5c6ccccc6C6C=CC=CC65)cc4)CC3)C2C=C1. The first-order valence-corrected chi connectivity index (χ1v) is 14.0. The van der Waals surface area contributed by atoms with Crippen LogP contribution in [0, 0.1) is 5.92 Å². The lowest BCUT2D eigenvalue weighted by atomic mass is 9.87. The Morgan fingerprint density at radius 3 is 2.29 bits per heavy atom. The van der Waals surface area contributed by atoms with Gasteiger partial charge in [-0.25, -0.2) is 4.99 Å². The number of rotatable bonds is 2. The lowest BCUT2D eigenvalue weighted by Gasteiger charge is -2.32. The molecule has 8 rings (SSSR count). The number of fused-ring (bicyclic) bond motifs is 5. The molecule has 38 heavy (non-hydrogen) atoms. The van der Waals surface area contributed by atoms with Gasteiger partial charge in [-0.1, -0.05) is 85.0 Å². The van der Waals surface area contributed by atoms with E-state index in [2.05, 4.69) is 125 Å². The summed E-state index contributed by atoms with van der Waals surface area (Å²) in [6.45, 7) is 0. The van der Waals surface area contributed by atoms with Crippen molar-refractivity contribution in [2.45, 2.75) is 43.7 Å². The standard InChI is InChI=1S/C35H31N3/c1-5-13-31-27(9-1)28-10-2-6-14-32(28)37(31)26-20-17-24(18-21-26)25-19-22-35(36-23-25)38-33-15-7-3-11-29(33)30-12-4-8-16-34(30)38/h1-3,5-11,13-18,20-21,23,27,29,31,33H,4,12,19,22H2. The zero-order valence-electron chi connectivity index (χ0n) is 21.4. The topological polar surface area (TPSA) is 18.8 Å². The number of para-hydroxylation sites is 1. The van der Waals surface area contributed by atoms with Crippen molar-refractivity contribution in [3.8, 4) is 0 Å². The third-order valence-electron chi connectivity index (χ3n) is 8.99. The summed E-state index contributed by atoms with van der Waals surface area (Å²) < 4.78 is 0. The molecule has 0 N–H and O–H groups in total. The summed E-state index contributed by atoms with van der Waals surface area (Å²) in [4.78, 5) is 10.1. The molecule has 3 aliphatic carbocycles. The maximum atomic E-state index is 5.06. The van der Waals surface area contributed by atoms with Gasteiger partial charge in [0.1, 0.15) is 5.84 Å². The predicted octanol–water partition coefficient (Wildman–Crippen LogP) is 7.98. The maximum Gasteiger partial charge on any atom is 0.109 e. The quantitative estimate of drug-likeness (QED) is 0.422. The average Bonchev–Trinajstić information content (AvgIpc) is 3.51. The molecule has 3 nitrogen and oxygen atoms in total. The molecule has 0 fully saturated rings. The minimum Gasteiger partial charge on any atom is -0.333 e. The number of benzene rings is 2. The summed E-state index contributed by atoms with van der Waals surface area (Å²) in [6, 6.07) is 18.7. The van der Waals surface area contributed by atoms with Gasteiger partial charge >= 0.3 is 0 Å². The fourth-order valence-corrected chi connectivity index (χ4v) is 7.23. The van der Waals surface area contributed by atoms with E-state index in [-0.39, 0.29) is 0 Å². The molecule has 2 aromatic rings. The summed E-state index contributed by atoms with van der Waals surface area (Å²) in [5.74, 6) is 2.11. The van der Waals surface area contributed by atoms with E-state index in [0.29, 0.717) is 23.9 Å². The Balaban J connectivity index is 1.07. The van der Waals surface area contributed by atoms with Crippen LogP contribution in [0.4, 0.5) is 11.4 Å². The number of nitrogens with zero attached hydrogens (tertiary/aromatic N) is 3. The Bertz CT molecular complexity index is 1540. The van der Waals surface area contributed by atoms with Crippen LogP contribution in [-0.2, 0) is 0 Å². The number of allylic oxidation sites excluding steroid dienone is 7. The second-order valence-electron chi connectivity index (χ2n) is 11.0. The monoisotopic (exact) mass is 493 g/mol. The van der Waals surface area contributed by atoms with Crippen LogP contribution in [0.5, 0.6) is 0 Å². The van der Waals surface area contributed by atoms with Crippen molar-refractivity contribution in [2.75, 3.05) is 4.90 Å². The van der Waals surface area contributed by atoms with Crippen molar-refractivity contribution < 1.29 is 0 Å². The van der Waals surface area contributed by atoms with E-state index in [1.54, 1.807) is 5.57 Å². The van der Waals surface area contributed by atoms with Gasteiger partial charge in [-0.05, 0) is 65.8 Å². The van der Waals surface area contributed by atoms with E-state index in [4.69, 9.17) is 4.99 Å². The van der Waals surface area contributed by atoms with Crippen LogP contribution in [0.15, 0.2) is 132 Å². The maximum absolute atomic E-state index is 5.06. The number of hydrogen-bond acceptors (Lipinski definition) is 3. The van der Waals surface area contributed by atoms with E-state index in [0.717, 1.165) is 25.7 Å². The van der Waals surface area contributed by atoms with Crippen LogP contribution >= 0.6 is 0 Å². The molecule has 3 heteroatoms. The lowest BCUT2D eigenvalue weighted by Crippen LogP contribution is -2.38. The van der Waals surface area contributed by atoms with E-state index < -0.39 is 0 Å². The van der Waals surface area contributed by atoms with Crippen LogP contribution in [0.2, 0.25) is 0 Å². The Kier molecular flexibility index (Phi) is 5.04. The zero-order valence-corrected chi connectivity index (χ0v) is 21.4. The summed E-state index contributed by atoms with van der Waals surface area (Å²) >= 11 is 0. The highest BCUT2D eigenvalue weighted by molar-refractivity contribution is 5.91. The number of anilines is 2. The molecule has 0 saturated carbocycles. The molecule has 186 valence electrons. The predicted molar refractivity (Wildman–Crippen MR) is 157 cm³/mol. The molecule has 4 atom stereocenters. The summed E-state index contributed by atoms with van der Waals surface area (Å²) in [7, 11) is 0. The van der Waals surface area contributed by atoms with E-state index in [9.17, 15) is 0 Å². The lowest BCUT2D eigenvalue weighted by molar-refractivity contribution is 0.430. The molecular weight excluding hydrogens is 462 g/mol. The highest BCUT2D eigenvalue weighted by atomic mass is 15.2. The molecule has 0 radical (unpaired) electrons. The Labute approximate surface area is 224 Å². The fourth-order valence-electron chi connectivity index (χ4n) is 7.23. The normalized spacial score (nSPS) is 28.2. The highest BCUT2D eigenvalue weighted by Crippen LogP contribution is 2.48. The minimum atomic E-state index is 0.338. The Morgan fingerprint density at radius 2 is 1.47 bits per heavy atom. The van der Waals surface area contributed by atoms with Gasteiger partial charge in [0, 0.05) is 41.5 Å². The molecule has 0 bridgehead atoms. The molecule has 2 aromatic carbocycles. The molecule has 3 aliphatic heterocycles. The van der Waals surface area contributed by atoms with Gasteiger partial charge < -0.3 is 9.80 Å². The molecule has 6 aliphatic rings. The molecule has 0 spiro atoms. The zero-order chi connectivity index (χ0) is 25.1. The fraction of sp³-hybridized carbons (Fsp3) is 0.229.